The highest BCUT2D eigenvalue weighted by molar-refractivity contribution is 5.94. The van der Waals surface area contributed by atoms with Gasteiger partial charge in [-0.3, -0.25) is 4.79 Å². The fourth-order valence-electron chi connectivity index (χ4n) is 3.02. The Morgan fingerprint density at radius 3 is 2.44 bits per heavy atom. The lowest BCUT2D eigenvalue weighted by Crippen LogP contribution is -2.39. The molecule has 0 bridgehead atoms. The van der Waals surface area contributed by atoms with Gasteiger partial charge < -0.3 is 16.0 Å². The summed E-state index contributed by atoms with van der Waals surface area (Å²) in [6, 6.07) is 17.3. The lowest BCUT2D eigenvalue weighted by atomic mass is 9.96. The van der Waals surface area contributed by atoms with Gasteiger partial charge in [0, 0.05) is 18.2 Å². The quantitative estimate of drug-likeness (QED) is 0.687. The van der Waals surface area contributed by atoms with Crippen molar-refractivity contribution in [2.45, 2.75) is 39.3 Å². The first kappa shape index (κ1) is 19.0. The minimum Gasteiger partial charge on any atom is -0.334 e. The normalized spacial score (nSPS) is 14.5. The topological polar surface area (TPSA) is 70.2 Å². The summed E-state index contributed by atoms with van der Waals surface area (Å²) in [5.74, 6) is 0.531. The molecule has 1 aliphatic rings. The maximum absolute atomic E-state index is 12.4. The number of nitrogens with one attached hydrogen (secondary N) is 3. The highest BCUT2D eigenvalue weighted by Gasteiger charge is 2.29. The fraction of sp³-hybridized carbons (Fsp3) is 0.364. The van der Waals surface area contributed by atoms with Crippen LogP contribution in [0.5, 0.6) is 0 Å². The third kappa shape index (κ3) is 5.58. The smallest absolute Gasteiger partial charge is 0.315 e. The molecule has 0 saturated heterocycles. The number of hydrogen-bond acceptors (Lipinski definition) is 2. The van der Waals surface area contributed by atoms with Crippen molar-refractivity contribution in [1.29, 1.82) is 0 Å². The molecule has 5 heteroatoms. The Hall–Kier alpha value is -2.82. The number of carbonyl (C=O) groups is 2. The Balaban J connectivity index is 1.54. The van der Waals surface area contributed by atoms with E-state index in [0.29, 0.717) is 6.54 Å². The van der Waals surface area contributed by atoms with Gasteiger partial charge in [-0.1, -0.05) is 56.3 Å². The van der Waals surface area contributed by atoms with Crippen LogP contribution in [0, 0.1) is 11.8 Å². The summed E-state index contributed by atoms with van der Waals surface area (Å²) in [6.07, 6.45) is 1.96. The Bertz CT molecular complexity index is 785. The monoisotopic (exact) mass is 365 g/mol. The Morgan fingerprint density at radius 1 is 1.04 bits per heavy atom. The van der Waals surface area contributed by atoms with Crippen molar-refractivity contribution in [3.8, 4) is 0 Å². The van der Waals surface area contributed by atoms with E-state index in [1.165, 1.54) is 0 Å². The van der Waals surface area contributed by atoms with Crippen LogP contribution in [0.2, 0.25) is 0 Å². The molecule has 0 aliphatic heterocycles. The van der Waals surface area contributed by atoms with E-state index in [-0.39, 0.29) is 29.8 Å². The third-order valence-corrected chi connectivity index (χ3v) is 4.71. The second kappa shape index (κ2) is 8.71. The summed E-state index contributed by atoms with van der Waals surface area (Å²) in [4.78, 5) is 24.3. The summed E-state index contributed by atoms with van der Waals surface area (Å²) in [7, 11) is 0. The van der Waals surface area contributed by atoms with Gasteiger partial charge in [-0.2, -0.15) is 0 Å². The molecule has 5 nitrogen and oxygen atoms in total. The predicted octanol–water partition coefficient (Wildman–Crippen LogP) is 4.23. The van der Waals surface area contributed by atoms with Crippen molar-refractivity contribution in [3.05, 3.63) is 65.7 Å². The largest absolute Gasteiger partial charge is 0.334 e. The maximum atomic E-state index is 12.4. The summed E-state index contributed by atoms with van der Waals surface area (Å²) in [6.45, 7) is 4.58. The standard InChI is InChI=1S/C22H27N3O2/c1-15(2)20(17-8-4-3-5-9-17)25-22(27)23-14-16-7-6-10-19(13-16)24-21(26)18-11-12-18/h3-10,13,15,18,20H,11-12,14H2,1-2H3,(H,24,26)(H2,23,25,27)/t20-/m0/s1. The minimum atomic E-state index is -0.204. The Labute approximate surface area is 160 Å². The van der Waals surface area contributed by atoms with Crippen LogP contribution >= 0.6 is 0 Å². The number of urea groups is 1. The van der Waals surface area contributed by atoms with Crippen molar-refractivity contribution < 1.29 is 9.59 Å². The molecule has 1 saturated carbocycles. The Morgan fingerprint density at radius 2 is 1.78 bits per heavy atom. The van der Waals surface area contributed by atoms with Crippen LogP contribution in [0.25, 0.3) is 0 Å². The first-order chi connectivity index (χ1) is 13.0. The van der Waals surface area contributed by atoms with Gasteiger partial charge in [0.25, 0.3) is 0 Å². The predicted molar refractivity (Wildman–Crippen MR) is 107 cm³/mol. The second-order valence-corrected chi connectivity index (χ2v) is 7.42. The second-order valence-electron chi connectivity index (χ2n) is 7.42. The molecule has 0 unspecified atom stereocenters. The molecule has 0 radical (unpaired) electrons. The molecule has 3 N–H and O–H groups in total. The number of anilines is 1. The minimum absolute atomic E-state index is 0.0460. The van der Waals surface area contributed by atoms with Gasteiger partial charge in [0.05, 0.1) is 6.04 Å². The van der Waals surface area contributed by atoms with Gasteiger partial charge >= 0.3 is 6.03 Å². The van der Waals surface area contributed by atoms with Crippen LogP contribution in [0.15, 0.2) is 54.6 Å². The summed E-state index contributed by atoms with van der Waals surface area (Å²) in [5, 5.41) is 8.89. The number of rotatable bonds is 7. The maximum Gasteiger partial charge on any atom is 0.315 e. The molecule has 3 amide bonds. The molecule has 1 fully saturated rings. The van der Waals surface area contributed by atoms with Crippen molar-refractivity contribution in [3.63, 3.8) is 0 Å². The molecule has 27 heavy (non-hydrogen) atoms. The lowest BCUT2D eigenvalue weighted by Gasteiger charge is -2.23. The van der Waals surface area contributed by atoms with Crippen LogP contribution in [-0.2, 0) is 11.3 Å². The number of amides is 3. The van der Waals surface area contributed by atoms with Gasteiger partial charge in [-0.25, -0.2) is 4.79 Å². The van der Waals surface area contributed by atoms with Crippen LogP contribution in [0.4, 0.5) is 10.5 Å². The van der Waals surface area contributed by atoms with Gasteiger partial charge in [0.2, 0.25) is 5.91 Å². The fourth-order valence-corrected chi connectivity index (χ4v) is 3.02. The van der Waals surface area contributed by atoms with Crippen molar-refractivity contribution in [1.82, 2.24) is 10.6 Å². The molecule has 142 valence electrons. The summed E-state index contributed by atoms with van der Waals surface area (Å²) >= 11 is 0. The third-order valence-electron chi connectivity index (χ3n) is 4.71. The van der Waals surface area contributed by atoms with E-state index in [1.54, 1.807) is 0 Å². The first-order valence-corrected chi connectivity index (χ1v) is 9.52. The molecular weight excluding hydrogens is 338 g/mol. The van der Waals surface area contributed by atoms with Crippen molar-refractivity contribution in [2.75, 3.05) is 5.32 Å². The summed E-state index contributed by atoms with van der Waals surface area (Å²) < 4.78 is 0. The highest BCUT2D eigenvalue weighted by atomic mass is 16.2. The molecule has 0 heterocycles. The number of hydrogen-bond donors (Lipinski definition) is 3. The zero-order valence-electron chi connectivity index (χ0n) is 15.9. The van der Waals surface area contributed by atoms with Crippen LogP contribution in [-0.4, -0.2) is 11.9 Å². The van der Waals surface area contributed by atoms with E-state index in [4.69, 9.17) is 0 Å². The van der Waals surface area contributed by atoms with Crippen LogP contribution in [0.3, 0.4) is 0 Å². The molecule has 2 aromatic rings. The van der Waals surface area contributed by atoms with E-state index in [2.05, 4.69) is 29.8 Å². The van der Waals surface area contributed by atoms with Crippen molar-refractivity contribution >= 4 is 17.6 Å². The number of benzene rings is 2. The molecule has 0 spiro atoms. The van der Waals surface area contributed by atoms with E-state index in [9.17, 15) is 9.59 Å². The summed E-state index contributed by atoms with van der Waals surface area (Å²) in [5.41, 5.74) is 2.81. The van der Waals surface area contributed by atoms with Gasteiger partial charge in [-0.05, 0) is 42.0 Å². The van der Waals surface area contributed by atoms with Crippen LogP contribution in [0.1, 0.15) is 43.9 Å². The van der Waals surface area contributed by atoms with E-state index >= 15 is 0 Å². The lowest BCUT2D eigenvalue weighted by molar-refractivity contribution is -0.117. The molecule has 1 aliphatic carbocycles. The number of carbonyl (C=O) groups excluding carboxylic acids is 2. The zero-order valence-corrected chi connectivity index (χ0v) is 15.9. The SMILES string of the molecule is CC(C)[C@H](NC(=O)NCc1cccc(NC(=O)C2CC2)c1)c1ccccc1. The Kier molecular flexibility index (Phi) is 6.12. The van der Waals surface area contributed by atoms with E-state index in [1.807, 2.05) is 54.6 Å². The molecule has 2 aromatic carbocycles. The van der Waals surface area contributed by atoms with Crippen LogP contribution < -0.4 is 16.0 Å². The van der Waals surface area contributed by atoms with Gasteiger partial charge in [0.1, 0.15) is 0 Å². The zero-order chi connectivity index (χ0) is 19.2. The molecule has 3 rings (SSSR count). The average molecular weight is 365 g/mol. The van der Waals surface area contributed by atoms with Gasteiger partial charge in [-0.15, -0.1) is 0 Å². The van der Waals surface area contributed by atoms with E-state index in [0.717, 1.165) is 29.7 Å². The molecule has 1 atom stereocenters. The average Bonchev–Trinajstić information content (AvgIpc) is 3.50. The van der Waals surface area contributed by atoms with Crippen molar-refractivity contribution in [2.24, 2.45) is 11.8 Å². The molecular formula is C22H27N3O2. The first-order valence-electron chi connectivity index (χ1n) is 9.52. The van der Waals surface area contributed by atoms with E-state index < -0.39 is 0 Å². The van der Waals surface area contributed by atoms with Gasteiger partial charge in [0.15, 0.2) is 0 Å². The molecule has 0 aromatic heterocycles. The highest BCUT2D eigenvalue weighted by Crippen LogP contribution is 2.30.